The quantitative estimate of drug-likeness (QED) is 0.799. The lowest BCUT2D eigenvalue weighted by atomic mass is 10.0. The number of benzene rings is 1. The first-order chi connectivity index (χ1) is 10.8. The largest absolute Gasteiger partial charge is 0.392 e. The molecule has 2 rings (SSSR count). The van der Waals surface area contributed by atoms with Gasteiger partial charge in [-0.1, -0.05) is 32.4 Å². The summed E-state index contributed by atoms with van der Waals surface area (Å²) in [6.07, 6.45) is 1.26. The van der Waals surface area contributed by atoms with Crippen LogP contribution in [-0.4, -0.2) is 38.5 Å². The zero-order valence-corrected chi connectivity index (χ0v) is 15.0. The number of nitrogens with zero attached hydrogens (tertiary/aromatic N) is 1. The summed E-state index contributed by atoms with van der Waals surface area (Å²) in [6, 6.07) is 7.70. The number of sulfonamides is 1. The highest BCUT2D eigenvalue weighted by Gasteiger charge is 2.28. The molecule has 0 aromatic heterocycles. The molecule has 1 aliphatic heterocycles. The normalized spacial score (nSPS) is 21.1. The second-order valence-electron chi connectivity index (χ2n) is 6.42. The Kier molecular flexibility index (Phi) is 6.06. The van der Waals surface area contributed by atoms with Crippen molar-refractivity contribution in [1.82, 2.24) is 5.32 Å². The Bertz CT molecular complexity index is 618. The summed E-state index contributed by atoms with van der Waals surface area (Å²) in [5.74, 6) is 0.488. The highest BCUT2D eigenvalue weighted by atomic mass is 32.2. The lowest BCUT2D eigenvalue weighted by Gasteiger charge is -2.23. The van der Waals surface area contributed by atoms with Crippen molar-refractivity contribution in [2.45, 2.75) is 45.8 Å². The third-order valence-corrected chi connectivity index (χ3v) is 6.56. The molecule has 3 atom stereocenters. The van der Waals surface area contributed by atoms with Gasteiger partial charge in [0.05, 0.1) is 17.5 Å². The smallest absolute Gasteiger partial charge is 0.235 e. The summed E-state index contributed by atoms with van der Waals surface area (Å²) in [5, 5.41) is 13.4. The molecule has 1 fully saturated rings. The molecule has 1 aromatic rings. The van der Waals surface area contributed by atoms with Gasteiger partial charge in [-0.3, -0.25) is 4.31 Å². The molecular formula is C17H28N2O3S. The van der Waals surface area contributed by atoms with Crippen molar-refractivity contribution in [3.05, 3.63) is 29.8 Å². The van der Waals surface area contributed by atoms with E-state index in [0.29, 0.717) is 19.5 Å². The maximum atomic E-state index is 12.0. The van der Waals surface area contributed by atoms with Gasteiger partial charge in [-0.2, -0.15) is 0 Å². The van der Waals surface area contributed by atoms with Crippen LogP contribution in [0.1, 0.15) is 45.2 Å². The van der Waals surface area contributed by atoms with E-state index in [0.717, 1.165) is 17.7 Å². The Labute approximate surface area is 139 Å². The van der Waals surface area contributed by atoms with Crippen molar-refractivity contribution in [2.24, 2.45) is 5.92 Å². The number of rotatable bonds is 7. The van der Waals surface area contributed by atoms with Crippen molar-refractivity contribution in [3.8, 4) is 0 Å². The summed E-state index contributed by atoms with van der Waals surface area (Å²) in [4.78, 5) is 0. The number of hydrogen-bond acceptors (Lipinski definition) is 4. The van der Waals surface area contributed by atoms with Gasteiger partial charge >= 0.3 is 0 Å². The van der Waals surface area contributed by atoms with Crippen molar-refractivity contribution in [1.29, 1.82) is 0 Å². The minimum absolute atomic E-state index is 0.0546. The molecule has 1 saturated heterocycles. The highest BCUT2D eigenvalue weighted by molar-refractivity contribution is 7.93. The van der Waals surface area contributed by atoms with Gasteiger partial charge in [0.15, 0.2) is 0 Å². The van der Waals surface area contributed by atoms with E-state index in [-0.39, 0.29) is 23.8 Å². The Morgan fingerprint density at radius 3 is 2.70 bits per heavy atom. The van der Waals surface area contributed by atoms with Crippen LogP contribution in [0.4, 0.5) is 5.69 Å². The zero-order chi connectivity index (χ0) is 17.0. The molecule has 0 amide bonds. The standard InChI is InChI=1S/C17H28N2O3S/c1-4-13(2)17(20)12-18-14(3)15-7-5-8-16(11-15)19-9-6-10-23(19,21)22/h5,7-8,11,13-14,17-18,20H,4,6,9-10,12H2,1-3H3. The number of aliphatic hydroxyl groups is 1. The monoisotopic (exact) mass is 340 g/mol. The van der Waals surface area contributed by atoms with E-state index in [2.05, 4.69) is 12.2 Å². The van der Waals surface area contributed by atoms with Gasteiger partial charge in [0.2, 0.25) is 10.0 Å². The van der Waals surface area contributed by atoms with Gasteiger partial charge in [-0.25, -0.2) is 8.42 Å². The predicted octanol–water partition coefficient (Wildman–Crippen LogP) is 2.28. The molecule has 23 heavy (non-hydrogen) atoms. The number of nitrogens with one attached hydrogen (secondary N) is 1. The molecule has 1 heterocycles. The fourth-order valence-corrected chi connectivity index (χ4v) is 4.32. The van der Waals surface area contributed by atoms with Gasteiger partial charge < -0.3 is 10.4 Å². The average molecular weight is 340 g/mol. The molecule has 3 unspecified atom stereocenters. The summed E-state index contributed by atoms with van der Waals surface area (Å²) in [7, 11) is -3.15. The molecule has 1 aromatic carbocycles. The Morgan fingerprint density at radius 1 is 1.35 bits per heavy atom. The van der Waals surface area contributed by atoms with Crippen LogP contribution in [0.5, 0.6) is 0 Å². The second kappa shape index (κ2) is 7.64. The van der Waals surface area contributed by atoms with Gasteiger partial charge in [-0.05, 0) is 37.0 Å². The van der Waals surface area contributed by atoms with Gasteiger partial charge in [-0.15, -0.1) is 0 Å². The van der Waals surface area contributed by atoms with Crippen LogP contribution >= 0.6 is 0 Å². The van der Waals surface area contributed by atoms with E-state index < -0.39 is 10.0 Å². The van der Waals surface area contributed by atoms with Crippen LogP contribution < -0.4 is 9.62 Å². The fraction of sp³-hybridized carbons (Fsp3) is 0.647. The molecule has 0 saturated carbocycles. The van der Waals surface area contributed by atoms with Gasteiger partial charge in [0.1, 0.15) is 0 Å². The predicted molar refractivity (Wildman–Crippen MR) is 94.1 cm³/mol. The molecule has 5 nitrogen and oxygen atoms in total. The fourth-order valence-electron chi connectivity index (χ4n) is 2.77. The van der Waals surface area contributed by atoms with E-state index in [1.807, 2.05) is 38.1 Å². The molecule has 130 valence electrons. The molecule has 6 heteroatoms. The molecule has 0 spiro atoms. The third-order valence-electron chi connectivity index (χ3n) is 4.69. The molecule has 2 N–H and O–H groups in total. The van der Waals surface area contributed by atoms with Crippen LogP contribution in [0.2, 0.25) is 0 Å². The lowest BCUT2D eigenvalue weighted by molar-refractivity contribution is 0.110. The average Bonchev–Trinajstić information content (AvgIpc) is 2.90. The topological polar surface area (TPSA) is 69.6 Å². The minimum atomic E-state index is -3.15. The maximum absolute atomic E-state index is 12.0. The third kappa shape index (κ3) is 4.46. The molecular weight excluding hydrogens is 312 g/mol. The SMILES string of the molecule is CCC(C)C(O)CNC(C)c1cccc(N2CCCS2(=O)=O)c1. The first-order valence-corrected chi connectivity index (χ1v) is 9.98. The van der Waals surface area contributed by atoms with Crippen LogP contribution in [0.3, 0.4) is 0 Å². The summed E-state index contributed by atoms with van der Waals surface area (Å²) < 4.78 is 25.6. The van der Waals surface area contributed by atoms with Gasteiger partial charge in [0, 0.05) is 19.1 Å². The van der Waals surface area contributed by atoms with Crippen molar-refractivity contribution >= 4 is 15.7 Å². The van der Waals surface area contributed by atoms with E-state index in [1.54, 1.807) is 0 Å². The summed E-state index contributed by atoms with van der Waals surface area (Å²) >= 11 is 0. The summed E-state index contributed by atoms with van der Waals surface area (Å²) in [6.45, 7) is 7.22. The van der Waals surface area contributed by atoms with Gasteiger partial charge in [0.25, 0.3) is 0 Å². The Hall–Kier alpha value is -1.11. The molecule has 0 radical (unpaired) electrons. The van der Waals surface area contributed by atoms with Crippen molar-refractivity contribution < 1.29 is 13.5 Å². The van der Waals surface area contributed by atoms with E-state index in [9.17, 15) is 13.5 Å². The number of anilines is 1. The van der Waals surface area contributed by atoms with Crippen LogP contribution in [0.25, 0.3) is 0 Å². The maximum Gasteiger partial charge on any atom is 0.235 e. The Morgan fingerprint density at radius 2 is 2.09 bits per heavy atom. The van der Waals surface area contributed by atoms with E-state index >= 15 is 0 Å². The number of hydrogen-bond donors (Lipinski definition) is 2. The first kappa shape index (κ1) is 18.2. The van der Waals surface area contributed by atoms with E-state index in [4.69, 9.17) is 0 Å². The van der Waals surface area contributed by atoms with Crippen molar-refractivity contribution in [2.75, 3.05) is 23.1 Å². The molecule has 1 aliphatic rings. The van der Waals surface area contributed by atoms with Crippen LogP contribution in [0.15, 0.2) is 24.3 Å². The first-order valence-electron chi connectivity index (χ1n) is 8.37. The van der Waals surface area contributed by atoms with E-state index in [1.165, 1.54) is 4.31 Å². The lowest BCUT2D eigenvalue weighted by Crippen LogP contribution is -2.33. The highest BCUT2D eigenvalue weighted by Crippen LogP contribution is 2.26. The zero-order valence-electron chi connectivity index (χ0n) is 14.2. The minimum Gasteiger partial charge on any atom is -0.392 e. The molecule has 0 aliphatic carbocycles. The molecule has 0 bridgehead atoms. The number of aliphatic hydroxyl groups excluding tert-OH is 1. The van der Waals surface area contributed by atoms with Crippen LogP contribution in [-0.2, 0) is 10.0 Å². The van der Waals surface area contributed by atoms with Crippen molar-refractivity contribution in [3.63, 3.8) is 0 Å². The Balaban J connectivity index is 2.04. The summed E-state index contributed by atoms with van der Waals surface area (Å²) in [5.41, 5.74) is 1.76. The van der Waals surface area contributed by atoms with Crippen LogP contribution in [0, 0.1) is 5.92 Å². The second-order valence-corrected chi connectivity index (χ2v) is 8.43.